The molecule has 2 aromatic heterocycles. The van der Waals surface area contributed by atoms with Crippen molar-refractivity contribution in [1.29, 1.82) is 0 Å². The zero-order valence-corrected chi connectivity index (χ0v) is 22.4. The van der Waals surface area contributed by atoms with E-state index in [2.05, 4.69) is 134 Å². The highest BCUT2D eigenvalue weighted by molar-refractivity contribution is 6.03. The summed E-state index contributed by atoms with van der Waals surface area (Å²) in [6.45, 7) is 10.9. The molecule has 182 valence electrons. The molecular formula is C32H35N4+. The maximum absolute atomic E-state index is 4.62. The number of fused-ring (bicyclic) bond motifs is 1. The summed E-state index contributed by atoms with van der Waals surface area (Å²) in [5.74, 6) is 0. The van der Waals surface area contributed by atoms with E-state index < -0.39 is 0 Å². The number of benzene rings is 3. The Morgan fingerprint density at radius 1 is 0.806 bits per heavy atom. The predicted molar refractivity (Wildman–Crippen MR) is 150 cm³/mol. The van der Waals surface area contributed by atoms with E-state index in [9.17, 15) is 0 Å². The average molecular weight is 476 g/mol. The van der Waals surface area contributed by atoms with Crippen molar-refractivity contribution in [1.82, 2.24) is 9.78 Å². The number of aryl methyl sites for hydroxylation is 4. The molecule has 0 unspecified atom stereocenters. The van der Waals surface area contributed by atoms with Crippen LogP contribution in [0.4, 0.5) is 17.1 Å². The van der Waals surface area contributed by atoms with Crippen LogP contribution in [0.5, 0.6) is 0 Å². The first-order chi connectivity index (χ1) is 17.1. The minimum Gasteiger partial charge on any atom is -0.310 e. The fourth-order valence-corrected chi connectivity index (χ4v) is 4.96. The van der Waals surface area contributed by atoms with E-state index in [4.69, 9.17) is 0 Å². The standard InChI is InChI=1S/C32H35N4/c1-22-11-15-25(16-12-22)36(26-17-13-24(14-18-26)32(3,4)5)29-10-8-9-28-27(29)19-20-34(6)31(28)30-21-23(2)33-35(30)7/h8-21H,1-7H3/q+1. The fourth-order valence-electron chi connectivity index (χ4n) is 4.96. The van der Waals surface area contributed by atoms with Crippen LogP contribution in [0, 0.1) is 13.8 Å². The molecule has 36 heavy (non-hydrogen) atoms. The maximum Gasteiger partial charge on any atom is 0.238 e. The second kappa shape index (κ2) is 8.94. The van der Waals surface area contributed by atoms with Crippen molar-refractivity contribution in [2.24, 2.45) is 14.1 Å². The molecule has 0 spiro atoms. The van der Waals surface area contributed by atoms with Crippen LogP contribution in [0.3, 0.4) is 0 Å². The molecule has 5 rings (SSSR count). The van der Waals surface area contributed by atoms with Gasteiger partial charge in [-0.05, 0) is 67.3 Å². The monoisotopic (exact) mass is 475 g/mol. The van der Waals surface area contributed by atoms with Gasteiger partial charge >= 0.3 is 0 Å². The highest BCUT2D eigenvalue weighted by Crippen LogP contribution is 2.40. The summed E-state index contributed by atoms with van der Waals surface area (Å²) in [7, 11) is 4.12. The first kappa shape index (κ1) is 23.8. The van der Waals surface area contributed by atoms with Crippen molar-refractivity contribution in [3.05, 3.63) is 102 Å². The third-order valence-corrected chi connectivity index (χ3v) is 6.92. The molecule has 0 saturated carbocycles. The van der Waals surface area contributed by atoms with Crippen molar-refractivity contribution >= 4 is 27.8 Å². The molecule has 0 aliphatic carbocycles. The lowest BCUT2D eigenvalue weighted by Gasteiger charge is -2.28. The maximum atomic E-state index is 4.62. The molecule has 0 saturated heterocycles. The first-order valence-corrected chi connectivity index (χ1v) is 12.5. The molecule has 0 radical (unpaired) electrons. The van der Waals surface area contributed by atoms with Gasteiger partial charge in [-0.2, -0.15) is 9.67 Å². The molecule has 0 N–H and O–H groups in total. The average Bonchev–Trinajstić information content (AvgIpc) is 3.17. The molecule has 0 bridgehead atoms. The van der Waals surface area contributed by atoms with E-state index in [1.165, 1.54) is 21.9 Å². The van der Waals surface area contributed by atoms with Crippen molar-refractivity contribution in [2.45, 2.75) is 40.0 Å². The van der Waals surface area contributed by atoms with Crippen LogP contribution in [0.1, 0.15) is 37.6 Å². The Balaban J connectivity index is 1.76. The van der Waals surface area contributed by atoms with Gasteiger partial charge in [0.25, 0.3) is 0 Å². The molecule has 0 atom stereocenters. The van der Waals surface area contributed by atoms with Crippen molar-refractivity contribution in [3.63, 3.8) is 0 Å². The SMILES string of the molecule is Cc1ccc(N(c2ccc(C(C)(C)C)cc2)c2cccc3c(-c4cc(C)nn4C)[n+](C)ccc23)cc1. The highest BCUT2D eigenvalue weighted by atomic mass is 15.3. The van der Waals surface area contributed by atoms with Gasteiger partial charge in [0.1, 0.15) is 12.7 Å². The topological polar surface area (TPSA) is 24.9 Å². The number of nitrogens with zero attached hydrogens (tertiary/aromatic N) is 4. The minimum absolute atomic E-state index is 0.109. The van der Waals surface area contributed by atoms with Gasteiger partial charge in [-0.1, -0.05) is 56.7 Å². The van der Waals surface area contributed by atoms with E-state index in [0.29, 0.717) is 0 Å². The lowest BCUT2D eigenvalue weighted by atomic mass is 9.87. The second-order valence-electron chi connectivity index (χ2n) is 10.8. The Bertz CT molecular complexity index is 1530. The van der Waals surface area contributed by atoms with E-state index in [1.807, 2.05) is 18.7 Å². The molecule has 5 aromatic rings. The normalized spacial score (nSPS) is 11.8. The smallest absolute Gasteiger partial charge is 0.238 e. The molecule has 0 aliphatic heterocycles. The second-order valence-corrected chi connectivity index (χ2v) is 10.8. The van der Waals surface area contributed by atoms with Gasteiger partial charge in [-0.15, -0.1) is 0 Å². The number of anilines is 3. The number of pyridine rings is 1. The molecule has 2 heterocycles. The highest BCUT2D eigenvalue weighted by Gasteiger charge is 2.23. The third kappa shape index (κ3) is 4.28. The zero-order chi connectivity index (χ0) is 25.6. The zero-order valence-electron chi connectivity index (χ0n) is 22.4. The largest absolute Gasteiger partial charge is 0.310 e. The summed E-state index contributed by atoms with van der Waals surface area (Å²) in [6, 6.07) is 28.8. The number of rotatable bonds is 4. The fraction of sp³-hybridized carbons (Fsp3) is 0.250. The van der Waals surface area contributed by atoms with E-state index >= 15 is 0 Å². The van der Waals surface area contributed by atoms with Gasteiger partial charge in [-0.3, -0.25) is 4.68 Å². The molecule has 3 aromatic carbocycles. The Hall–Kier alpha value is -3.92. The Morgan fingerprint density at radius 2 is 1.44 bits per heavy atom. The molecule has 4 heteroatoms. The molecule has 0 fully saturated rings. The lowest BCUT2D eigenvalue weighted by Crippen LogP contribution is -2.31. The number of hydrogen-bond acceptors (Lipinski definition) is 2. The predicted octanol–water partition coefficient (Wildman–Crippen LogP) is 7.45. The minimum atomic E-state index is 0.109. The van der Waals surface area contributed by atoms with Crippen molar-refractivity contribution in [2.75, 3.05) is 4.90 Å². The lowest BCUT2D eigenvalue weighted by molar-refractivity contribution is -0.659. The van der Waals surface area contributed by atoms with Crippen LogP contribution >= 0.6 is 0 Å². The Kier molecular flexibility index (Phi) is 5.91. The quantitative estimate of drug-likeness (QED) is 0.252. The van der Waals surface area contributed by atoms with Gasteiger partial charge in [0.2, 0.25) is 5.69 Å². The molecular weight excluding hydrogens is 440 g/mol. The van der Waals surface area contributed by atoms with Crippen LogP contribution in [-0.4, -0.2) is 9.78 Å². The van der Waals surface area contributed by atoms with Gasteiger partial charge < -0.3 is 4.90 Å². The first-order valence-electron chi connectivity index (χ1n) is 12.5. The Labute approximate surface area is 214 Å². The summed E-state index contributed by atoms with van der Waals surface area (Å²) >= 11 is 0. The summed E-state index contributed by atoms with van der Waals surface area (Å²) in [4.78, 5) is 2.37. The van der Waals surface area contributed by atoms with Crippen LogP contribution in [0.15, 0.2) is 85.1 Å². The molecule has 4 nitrogen and oxygen atoms in total. The van der Waals surface area contributed by atoms with Gasteiger partial charge in [0.05, 0.1) is 16.8 Å². The summed E-state index contributed by atoms with van der Waals surface area (Å²) in [5.41, 5.74) is 9.40. The van der Waals surface area contributed by atoms with E-state index in [-0.39, 0.29) is 5.41 Å². The van der Waals surface area contributed by atoms with Crippen LogP contribution in [0.25, 0.3) is 22.2 Å². The Morgan fingerprint density at radius 3 is 2.03 bits per heavy atom. The van der Waals surface area contributed by atoms with Gasteiger partial charge in [0.15, 0.2) is 6.20 Å². The van der Waals surface area contributed by atoms with Crippen molar-refractivity contribution < 1.29 is 4.57 Å². The van der Waals surface area contributed by atoms with E-state index in [1.54, 1.807) is 0 Å². The molecule has 0 amide bonds. The van der Waals surface area contributed by atoms with Crippen LogP contribution < -0.4 is 9.47 Å². The van der Waals surface area contributed by atoms with Gasteiger partial charge in [-0.25, -0.2) is 0 Å². The summed E-state index contributed by atoms with van der Waals surface area (Å²) in [5, 5.41) is 7.01. The molecule has 0 aliphatic rings. The number of hydrogen-bond donors (Lipinski definition) is 0. The van der Waals surface area contributed by atoms with Crippen molar-refractivity contribution in [3.8, 4) is 11.4 Å². The summed E-state index contributed by atoms with van der Waals surface area (Å²) < 4.78 is 4.16. The van der Waals surface area contributed by atoms with E-state index in [0.717, 1.165) is 34.1 Å². The van der Waals surface area contributed by atoms with Crippen LogP contribution in [-0.2, 0) is 19.5 Å². The third-order valence-electron chi connectivity index (χ3n) is 6.92. The van der Waals surface area contributed by atoms with Gasteiger partial charge in [0, 0.05) is 29.9 Å². The summed E-state index contributed by atoms with van der Waals surface area (Å²) in [6.07, 6.45) is 2.15. The number of aromatic nitrogens is 3. The van der Waals surface area contributed by atoms with Crippen LogP contribution in [0.2, 0.25) is 0 Å².